The lowest BCUT2D eigenvalue weighted by atomic mass is 9.87. The van der Waals surface area contributed by atoms with Crippen molar-refractivity contribution in [3.8, 4) is 0 Å². The van der Waals surface area contributed by atoms with Gasteiger partial charge in [-0.2, -0.15) is 4.31 Å². The number of ether oxygens (including phenoxy) is 1. The average molecular weight is 1040 g/mol. The summed E-state index contributed by atoms with van der Waals surface area (Å²) in [5, 5.41) is 26.1. The number of carbonyl (C=O) groups is 4. The zero-order chi connectivity index (χ0) is 50.5. The molecule has 0 aromatic carbocycles. The number of allylic oxidation sites excluding steroid dienone is 8. The molecule has 10 N–H and O–H groups in total. The highest BCUT2D eigenvalue weighted by Gasteiger charge is 2.50. The highest BCUT2D eigenvalue weighted by Crippen LogP contribution is 2.61. The molecule has 1 saturated heterocycles. The number of Topliss-reactive ketones (excluding diaryl/α,β-unsaturated/α-hetero) is 1. The minimum Gasteiger partial charge on any atom is -0.386 e. The Labute approximate surface area is 396 Å². The zero-order valence-electron chi connectivity index (χ0n) is 37.6. The van der Waals surface area contributed by atoms with Gasteiger partial charge in [0.25, 0.3) is 0 Å². The summed E-state index contributed by atoms with van der Waals surface area (Å²) < 4.78 is 62.3. The summed E-state index contributed by atoms with van der Waals surface area (Å²) in [4.78, 5) is 100. The largest absolute Gasteiger partial charge is 0.481 e. The number of nitrogens with two attached hydrogens (primary N) is 1. The number of hydrogen-bond donors (Lipinski definition) is 9. The van der Waals surface area contributed by atoms with Gasteiger partial charge in [-0.15, -0.1) is 0 Å². The minimum atomic E-state index is -5.60. The molecular formula is C39H60N7O18P3S. The number of hydrogen-bond acceptors (Lipinski definition) is 19. The lowest BCUT2D eigenvalue weighted by Crippen LogP contribution is -2.46. The van der Waals surface area contributed by atoms with Crippen molar-refractivity contribution in [1.29, 1.82) is 0 Å². The van der Waals surface area contributed by atoms with Crippen LogP contribution in [0, 0.1) is 5.41 Å². The number of phosphoric ester groups is 3. The van der Waals surface area contributed by atoms with E-state index in [0.29, 0.717) is 6.42 Å². The molecule has 0 spiro atoms. The Morgan fingerprint density at radius 1 is 0.912 bits per heavy atom. The summed E-state index contributed by atoms with van der Waals surface area (Å²) in [6, 6.07) is 0. The summed E-state index contributed by atoms with van der Waals surface area (Å²) in [5.74, 6) is -1.53. The molecule has 1 aliphatic heterocycles. The summed E-state index contributed by atoms with van der Waals surface area (Å²) in [6.07, 6.45) is 13.5. The number of aliphatic hydroxyl groups excluding tert-OH is 2. The molecule has 2 aromatic heterocycles. The van der Waals surface area contributed by atoms with Crippen molar-refractivity contribution >= 4 is 74.9 Å². The zero-order valence-corrected chi connectivity index (χ0v) is 41.1. The number of aromatic nitrogens is 4. The van der Waals surface area contributed by atoms with Crippen LogP contribution < -0.4 is 16.4 Å². The fraction of sp³-hybridized carbons (Fsp3) is 0.564. The third-order valence-electron chi connectivity index (χ3n) is 9.42. The first-order valence-electron chi connectivity index (χ1n) is 21.1. The van der Waals surface area contributed by atoms with Crippen molar-refractivity contribution in [3.63, 3.8) is 0 Å². The number of nitrogens with one attached hydrogen (secondary N) is 2. The van der Waals surface area contributed by atoms with Gasteiger partial charge in [-0.3, -0.25) is 37.3 Å². The molecule has 25 nitrogen and oxygen atoms in total. The maximum Gasteiger partial charge on any atom is 0.481 e. The number of ketones is 1. The predicted molar refractivity (Wildman–Crippen MR) is 247 cm³/mol. The first kappa shape index (κ1) is 58.5. The number of phosphoric acid groups is 3. The number of thioether (sulfide) groups is 1. The van der Waals surface area contributed by atoms with Crippen LogP contribution in [0.4, 0.5) is 5.82 Å². The van der Waals surface area contributed by atoms with Crippen LogP contribution in [0.3, 0.4) is 0 Å². The molecule has 0 saturated carbocycles. The van der Waals surface area contributed by atoms with Crippen LogP contribution in [0.2, 0.25) is 0 Å². The number of aliphatic hydroxyl groups is 2. The van der Waals surface area contributed by atoms with E-state index in [0.717, 1.165) is 54.7 Å². The second kappa shape index (κ2) is 28.1. The lowest BCUT2D eigenvalue weighted by Gasteiger charge is -2.30. The van der Waals surface area contributed by atoms with Gasteiger partial charge in [-0.1, -0.05) is 81.1 Å². The van der Waals surface area contributed by atoms with E-state index in [-0.39, 0.29) is 66.0 Å². The first-order chi connectivity index (χ1) is 31.9. The van der Waals surface area contributed by atoms with Crippen molar-refractivity contribution < 1.29 is 85.3 Å². The molecule has 7 atom stereocenters. The Morgan fingerprint density at radius 3 is 2.19 bits per heavy atom. The minimum absolute atomic E-state index is 0.0229. The van der Waals surface area contributed by atoms with Gasteiger partial charge in [0.05, 0.1) is 26.0 Å². The molecule has 3 rings (SSSR count). The number of imidazole rings is 1. The van der Waals surface area contributed by atoms with Crippen LogP contribution in [0.1, 0.15) is 78.4 Å². The highest BCUT2D eigenvalue weighted by atomic mass is 32.2. The van der Waals surface area contributed by atoms with Gasteiger partial charge in [0.15, 0.2) is 22.8 Å². The van der Waals surface area contributed by atoms with E-state index in [1.165, 1.54) is 13.8 Å². The third-order valence-corrected chi connectivity index (χ3v) is 13.4. The number of rotatable bonds is 31. The van der Waals surface area contributed by atoms with Crippen molar-refractivity contribution in [1.82, 2.24) is 30.2 Å². The fourth-order valence-electron chi connectivity index (χ4n) is 5.94. The second-order valence-corrected chi connectivity index (χ2v) is 20.9. The monoisotopic (exact) mass is 1040 g/mol. The van der Waals surface area contributed by atoms with Crippen molar-refractivity contribution in [2.24, 2.45) is 5.41 Å². The van der Waals surface area contributed by atoms with Gasteiger partial charge in [0.2, 0.25) is 11.8 Å². The number of fused-ring (bicyclic) bond motifs is 1. The molecule has 0 aliphatic carbocycles. The van der Waals surface area contributed by atoms with E-state index in [1.54, 1.807) is 0 Å². The molecule has 68 heavy (non-hydrogen) atoms. The molecule has 1 aliphatic rings. The van der Waals surface area contributed by atoms with E-state index in [9.17, 15) is 62.7 Å². The highest BCUT2D eigenvalue weighted by molar-refractivity contribution is 8.13. The topological polar surface area (TPSA) is 381 Å². The molecule has 29 heteroatoms. The molecule has 1 fully saturated rings. The Bertz CT molecular complexity index is 2270. The summed E-state index contributed by atoms with van der Waals surface area (Å²) in [6.45, 7) is 2.37. The van der Waals surface area contributed by atoms with Crippen molar-refractivity contribution in [2.75, 3.05) is 37.8 Å². The smallest absolute Gasteiger partial charge is 0.386 e. The Kier molecular flexibility index (Phi) is 24.2. The fourth-order valence-corrected chi connectivity index (χ4v) is 9.46. The standard InChI is InChI=1S/C39H60N7O18P3S/c1-4-5-6-7-8-9-10-11-12-13-14-15-16-17-27(47)22-30(49)68-21-20-41-29(48)18-19-42-37(52)34(51)39(2,3)24-61-67(58,59)64-66(56,57)60-23-28-33(63-65(53,54)55)32(50)38(62-28)46-26-45-31-35(40)43-25-44-36(31)46/h5-6,8-9,11-12,14-15,25-26,28,32-34,38,50-51H,4,7,10,13,16-24H2,1-3H3,(H,41,48)(H,42,52)(H,56,57)(H,58,59)(H2,40,43,44)(H2,53,54,55)/b6-5-,9-8-,12-11-,15-14-/t28-,32-,33-,34+,38-/m1/s1. The molecule has 0 radical (unpaired) electrons. The van der Waals surface area contributed by atoms with E-state index in [4.69, 9.17) is 19.5 Å². The number of anilines is 1. The molecule has 0 bridgehead atoms. The van der Waals surface area contributed by atoms with Crippen LogP contribution in [0.25, 0.3) is 11.2 Å². The summed E-state index contributed by atoms with van der Waals surface area (Å²) in [7, 11) is -16.5. The van der Waals surface area contributed by atoms with Gasteiger partial charge in [-0.05, 0) is 32.1 Å². The van der Waals surface area contributed by atoms with E-state index < -0.39 is 84.6 Å². The normalized spacial score (nSPS) is 20.4. The van der Waals surface area contributed by atoms with Crippen LogP contribution in [0.15, 0.2) is 61.3 Å². The predicted octanol–water partition coefficient (Wildman–Crippen LogP) is 3.21. The quantitative estimate of drug-likeness (QED) is 0.0226. The lowest BCUT2D eigenvalue weighted by molar-refractivity contribution is -0.137. The van der Waals surface area contributed by atoms with Crippen LogP contribution in [-0.4, -0.2) is 128 Å². The molecule has 2 amide bonds. The number of nitrogen functional groups attached to an aromatic ring is 1. The Hall–Kier alpha value is -3.81. The van der Waals surface area contributed by atoms with Crippen LogP contribution >= 0.6 is 35.2 Å². The van der Waals surface area contributed by atoms with Crippen molar-refractivity contribution in [3.05, 3.63) is 61.3 Å². The van der Waals surface area contributed by atoms with E-state index >= 15 is 0 Å². The van der Waals surface area contributed by atoms with Crippen molar-refractivity contribution in [2.45, 2.75) is 103 Å². The number of amides is 2. The SMILES string of the molecule is CC/C=C\C/C=C\C/C=C\C/C=C\CCC(=O)CC(=O)SCCNC(=O)CCNC(=O)[C@H](O)C(C)(C)COP(=O)(O)OP(=O)(O)OC[C@H]1O[C@@H](n2cnc3c(N)ncnc32)[C@H](O)[C@@H]1OP(=O)(O)O. The molecule has 3 heterocycles. The Balaban J connectivity index is 1.34. The van der Waals surface area contributed by atoms with Gasteiger partial charge >= 0.3 is 23.5 Å². The molecular weight excluding hydrogens is 979 g/mol. The first-order valence-corrected chi connectivity index (χ1v) is 26.6. The molecule has 2 unspecified atom stereocenters. The van der Waals surface area contributed by atoms with Gasteiger partial charge in [-0.25, -0.2) is 28.6 Å². The average Bonchev–Trinajstić information content (AvgIpc) is 3.82. The third kappa shape index (κ3) is 21.0. The van der Waals surface area contributed by atoms with Gasteiger partial charge < -0.3 is 50.9 Å². The maximum atomic E-state index is 12.7. The molecule has 380 valence electrons. The maximum absolute atomic E-state index is 12.7. The number of carbonyl (C=O) groups excluding carboxylic acids is 4. The summed E-state index contributed by atoms with van der Waals surface area (Å²) >= 11 is 0.903. The van der Waals surface area contributed by atoms with E-state index in [1.807, 2.05) is 18.2 Å². The number of nitrogens with zero attached hydrogens (tertiary/aromatic N) is 4. The van der Waals surface area contributed by atoms with E-state index in [2.05, 4.69) is 71.7 Å². The Morgan fingerprint density at radius 2 is 1.54 bits per heavy atom. The van der Waals surface area contributed by atoms with Gasteiger partial charge in [0.1, 0.15) is 42.0 Å². The van der Waals surface area contributed by atoms with Crippen LogP contribution in [0.5, 0.6) is 0 Å². The summed E-state index contributed by atoms with van der Waals surface area (Å²) in [5.41, 5.74) is 4.23. The van der Waals surface area contributed by atoms with Gasteiger partial charge in [0, 0.05) is 37.1 Å². The second-order valence-electron chi connectivity index (χ2n) is 15.5. The van der Waals surface area contributed by atoms with Crippen LogP contribution in [-0.2, 0) is 55.5 Å². The molecule has 2 aromatic rings.